The average molecular weight is 260 g/mol. The summed E-state index contributed by atoms with van der Waals surface area (Å²) in [5.74, 6) is 0.131. The molecule has 0 radical (unpaired) electrons. The van der Waals surface area contributed by atoms with Gasteiger partial charge in [0.05, 0.1) is 6.54 Å². The first kappa shape index (κ1) is 14.1. The van der Waals surface area contributed by atoms with Crippen molar-refractivity contribution in [3.8, 4) is 0 Å². The molecule has 3 heteroatoms. The number of amides is 1. The van der Waals surface area contributed by atoms with E-state index in [9.17, 15) is 4.79 Å². The zero-order chi connectivity index (χ0) is 13.9. The van der Waals surface area contributed by atoms with Gasteiger partial charge in [-0.3, -0.25) is 9.69 Å². The van der Waals surface area contributed by atoms with Crippen molar-refractivity contribution in [3.05, 3.63) is 35.4 Å². The molecule has 19 heavy (non-hydrogen) atoms. The predicted molar refractivity (Wildman–Crippen MR) is 77.9 cm³/mol. The highest BCUT2D eigenvalue weighted by Gasteiger charge is 2.21. The minimum Gasteiger partial charge on any atom is -0.350 e. The molecular weight excluding hydrogens is 236 g/mol. The van der Waals surface area contributed by atoms with Crippen LogP contribution in [0.5, 0.6) is 0 Å². The fraction of sp³-hybridized carbons (Fsp3) is 0.562. The number of hydrogen-bond acceptors (Lipinski definition) is 2. The van der Waals surface area contributed by atoms with Crippen molar-refractivity contribution in [3.63, 3.8) is 0 Å². The third-order valence-corrected chi connectivity index (χ3v) is 3.94. The van der Waals surface area contributed by atoms with Crippen molar-refractivity contribution < 1.29 is 4.79 Å². The SMILES string of the molecule is CCC(C)(C)NC(=O)CN1CCc2ccccc2C1. The second kappa shape index (κ2) is 5.74. The lowest BCUT2D eigenvalue weighted by atomic mass is 9.99. The summed E-state index contributed by atoms with van der Waals surface area (Å²) < 4.78 is 0. The summed E-state index contributed by atoms with van der Waals surface area (Å²) in [4.78, 5) is 14.3. The molecule has 3 nitrogen and oxygen atoms in total. The Balaban J connectivity index is 1.90. The van der Waals surface area contributed by atoms with Gasteiger partial charge in [0.1, 0.15) is 0 Å². The number of carbonyl (C=O) groups is 1. The summed E-state index contributed by atoms with van der Waals surface area (Å²) in [5.41, 5.74) is 2.68. The van der Waals surface area contributed by atoms with Crippen LogP contribution in [0, 0.1) is 0 Å². The van der Waals surface area contributed by atoms with E-state index in [0.717, 1.165) is 25.9 Å². The Morgan fingerprint density at radius 1 is 1.32 bits per heavy atom. The molecule has 1 N–H and O–H groups in total. The van der Waals surface area contributed by atoms with Crippen LogP contribution in [0.2, 0.25) is 0 Å². The molecule has 1 aromatic carbocycles. The summed E-state index contributed by atoms with van der Waals surface area (Å²) in [7, 11) is 0. The Morgan fingerprint density at radius 3 is 2.68 bits per heavy atom. The molecule has 0 saturated carbocycles. The molecule has 0 unspecified atom stereocenters. The van der Waals surface area contributed by atoms with Gasteiger partial charge >= 0.3 is 0 Å². The maximum Gasteiger partial charge on any atom is 0.234 e. The van der Waals surface area contributed by atoms with Gasteiger partial charge in [0, 0.05) is 18.6 Å². The topological polar surface area (TPSA) is 32.3 Å². The summed E-state index contributed by atoms with van der Waals surface area (Å²) >= 11 is 0. The first-order valence-corrected chi connectivity index (χ1v) is 7.10. The van der Waals surface area contributed by atoms with Crippen LogP contribution in [0.1, 0.15) is 38.3 Å². The molecule has 2 rings (SSSR count). The molecule has 0 aromatic heterocycles. The van der Waals surface area contributed by atoms with Crippen LogP contribution in [0.25, 0.3) is 0 Å². The van der Waals surface area contributed by atoms with E-state index in [-0.39, 0.29) is 11.4 Å². The van der Waals surface area contributed by atoms with Gasteiger partial charge in [-0.25, -0.2) is 0 Å². The summed E-state index contributed by atoms with van der Waals surface area (Å²) in [6.45, 7) is 8.58. The number of benzene rings is 1. The highest BCUT2D eigenvalue weighted by molar-refractivity contribution is 5.78. The highest BCUT2D eigenvalue weighted by Crippen LogP contribution is 2.18. The van der Waals surface area contributed by atoms with Gasteiger partial charge in [0.25, 0.3) is 0 Å². The maximum absolute atomic E-state index is 12.0. The van der Waals surface area contributed by atoms with Gasteiger partial charge in [0.15, 0.2) is 0 Å². The van der Waals surface area contributed by atoms with E-state index in [4.69, 9.17) is 0 Å². The summed E-state index contributed by atoms with van der Waals surface area (Å²) in [5, 5.41) is 3.10. The van der Waals surface area contributed by atoms with E-state index in [1.54, 1.807) is 0 Å². The van der Waals surface area contributed by atoms with Crippen molar-refractivity contribution in [1.82, 2.24) is 10.2 Å². The quantitative estimate of drug-likeness (QED) is 0.901. The molecule has 104 valence electrons. The van der Waals surface area contributed by atoms with Crippen LogP contribution >= 0.6 is 0 Å². The molecule has 0 spiro atoms. The molecule has 0 aliphatic carbocycles. The monoisotopic (exact) mass is 260 g/mol. The van der Waals surface area contributed by atoms with Crippen molar-refractivity contribution in [2.45, 2.75) is 45.7 Å². The fourth-order valence-corrected chi connectivity index (χ4v) is 2.40. The normalized spacial score (nSPS) is 15.9. The number of rotatable bonds is 4. The predicted octanol–water partition coefficient (Wildman–Crippen LogP) is 2.35. The molecule has 1 heterocycles. The Bertz CT molecular complexity index is 454. The molecule has 0 atom stereocenters. The van der Waals surface area contributed by atoms with Crippen LogP contribution in [0.4, 0.5) is 0 Å². The zero-order valence-corrected chi connectivity index (χ0v) is 12.2. The minimum absolute atomic E-state index is 0.106. The lowest BCUT2D eigenvalue weighted by molar-refractivity contribution is -0.124. The molecule has 1 aliphatic rings. The molecular formula is C16H24N2O. The van der Waals surface area contributed by atoms with Crippen molar-refractivity contribution in [2.75, 3.05) is 13.1 Å². The van der Waals surface area contributed by atoms with Crippen LogP contribution in [-0.2, 0) is 17.8 Å². The number of fused-ring (bicyclic) bond motifs is 1. The molecule has 1 aromatic rings. The number of nitrogens with zero attached hydrogens (tertiary/aromatic N) is 1. The lowest BCUT2D eigenvalue weighted by Gasteiger charge is -2.30. The number of hydrogen-bond donors (Lipinski definition) is 1. The molecule has 1 aliphatic heterocycles. The van der Waals surface area contributed by atoms with Crippen LogP contribution < -0.4 is 5.32 Å². The van der Waals surface area contributed by atoms with Crippen molar-refractivity contribution >= 4 is 5.91 Å². The first-order chi connectivity index (χ1) is 9.00. The Kier molecular flexibility index (Phi) is 4.25. The third kappa shape index (κ3) is 3.80. The van der Waals surface area contributed by atoms with Gasteiger partial charge in [-0.05, 0) is 37.8 Å². The van der Waals surface area contributed by atoms with Gasteiger partial charge in [-0.2, -0.15) is 0 Å². The standard InChI is InChI=1S/C16H24N2O/c1-4-16(2,3)17-15(19)12-18-10-9-13-7-5-6-8-14(13)11-18/h5-8H,4,9-12H2,1-3H3,(H,17,19). The van der Waals surface area contributed by atoms with Gasteiger partial charge in [-0.1, -0.05) is 31.2 Å². The third-order valence-electron chi connectivity index (χ3n) is 3.94. The van der Waals surface area contributed by atoms with E-state index < -0.39 is 0 Å². The van der Waals surface area contributed by atoms with Gasteiger partial charge in [-0.15, -0.1) is 0 Å². The van der Waals surface area contributed by atoms with Crippen molar-refractivity contribution in [1.29, 1.82) is 0 Å². The fourth-order valence-electron chi connectivity index (χ4n) is 2.40. The second-order valence-electron chi connectivity index (χ2n) is 6.01. The molecule has 0 fully saturated rings. The lowest BCUT2D eigenvalue weighted by Crippen LogP contribution is -2.48. The average Bonchev–Trinajstić information content (AvgIpc) is 2.38. The maximum atomic E-state index is 12.0. The van der Waals surface area contributed by atoms with E-state index in [1.807, 2.05) is 0 Å². The zero-order valence-electron chi connectivity index (χ0n) is 12.2. The van der Waals surface area contributed by atoms with E-state index in [0.29, 0.717) is 6.54 Å². The van der Waals surface area contributed by atoms with Crippen LogP contribution in [0.3, 0.4) is 0 Å². The number of carbonyl (C=O) groups excluding carboxylic acids is 1. The minimum atomic E-state index is -0.106. The van der Waals surface area contributed by atoms with Crippen LogP contribution in [0.15, 0.2) is 24.3 Å². The Labute approximate surface area is 116 Å². The van der Waals surface area contributed by atoms with E-state index >= 15 is 0 Å². The van der Waals surface area contributed by atoms with Crippen LogP contribution in [-0.4, -0.2) is 29.4 Å². The van der Waals surface area contributed by atoms with Gasteiger partial charge in [0.2, 0.25) is 5.91 Å². The smallest absolute Gasteiger partial charge is 0.234 e. The second-order valence-corrected chi connectivity index (χ2v) is 6.01. The number of nitrogens with one attached hydrogen (secondary N) is 1. The first-order valence-electron chi connectivity index (χ1n) is 7.10. The molecule has 1 amide bonds. The Morgan fingerprint density at radius 2 is 2.00 bits per heavy atom. The van der Waals surface area contributed by atoms with Crippen molar-refractivity contribution in [2.24, 2.45) is 0 Å². The Hall–Kier alpha value is -1.35. The summed E-state index contributed by atoms with van der Waals surface area (Å²) in [6.07, 6.45) is 1.99. The summed E-state index contributed by atoms with van der Waals surface area (Å²) in [6, 6.07) is 8.51. The largest absolute Gasteiger partial charge is 0.350 e. The van der Waals surface area contributed by atoms with E-state index in [2.05, 4.69) is 55.3 Å². The van der Waals surface area contributed by atoms with Gasteiger partial charge < -0.3 is 5.32 Å². The highest BCUT2D eigenvalue weighted by atomic mass is 16.2. The van der Waals surface area contributed by atoms with E-state index in [1.165, 1.54) is 11.1 Å². The molecule has 0 saturated heterocycles. The molecule has 0 bridgehead atoms.